The Labute approximate surface area is 142 Å². The lowest BCUT2D eigenvalue weighted by Gasteiger charge is -2.35. The number of rotatable bonds is 3. The number of hydrogen-bond donors (Lipinski definition) is 4. The van der Waals surface area contributed by atoms with Gasteiger partial charge in [-0.2, -0.15) is 0 Å². The van der Waals surface area contributed by atoms with Crippen molar-refractivity contribution in [3.63, 3.8) is 0 Å². The van der Waals surface area contributed by atoms with Gasteiger partial charge in [-0.1, -0.05) is 26.7 Å². The first-order valence-corrected chi connectivity index (χ1v) is 8.50. The summed E-state index contributed by atoms with van der Waals surface area (Å²) in [5.41, 5.74) is 5.82. The van der Waals surface area contributed by atoms with Gasteiger partial charge in [0.05, 0.1) is 12.8 Å². The lowest BCUT2D eigenvalue weighted by atomic mass is 9.78. The van der Waals surface area contributed by atoms with Crippen molar-refractivity contribution < 1.29 is 4.42 Å². The van der Waals surface area contributed by atoms with Crippen molar-refractivity contribution >= 4 is 34.7 Å². The molecule has 4 N–H and O–H groups in total. The van der Waals surface area contributed by atoms with E-state index in [2.05, 4.69) is 35.3 Å². The van der Waals surface area contributed by atoms with Gasteiger partial charge in [0.25, 0.3) is 0 Å². The van der Waals surface area contributed by atoms with E-state index in [1.165, 1.54) is 12.8 Å². The van der Waals surface area contributed by atoms with Crippen molar-refractivity contribution in [2.24, 2.45) is 11.8 Å². The highest BCUT2D eigenvalue weighted by Gasteiger charge is 2.27. The van der Waals surface area contributed by atoms with Gasteiger partial charge < -0.3 is 15.1 Å². The zero-order valence-corrected chi connectivity index (χ0v) is 14.7. The normalized spacial score (nSPS) is 24.4. The number of thiocarbonyl (C=S) groups is 2. The van der Waals surface area contributed by atoms with E-state index in [9.17, 15) is 0 Å². The molecule has 122 valence electrons. The monoisotopic (exact) mass is 340 g/mol. The van der Waals surface area contributed by atoms with Crippen LogP contribution < -0.4 is 21.5 Å². The number of hydrazine groups is 1. The van der Waals surface area contributed by atoms with E-state index >= 15 is 0 Å². The third-order valence-corrected chi connectivity index (χ3v) is 4.78. The molecule has 3 atom stereocenters. The van der Waals surface area contributed by atoms with Crippen LogP contribution in [0.2, 0.25) is 0 Å². The third kappa shape index (κ3) is 5.14. The van der Waals surface area contributed by atoms with E-state index < -0.39 is 0 Å². The second-order valence-electron chi connectivity index (χ2n) is 5.86. The second-order valence-corrected chi connectivity index (χ2v) is 6.68. The van der Waals surface area contributed by atoms with Gasteiger partial charge in [-0.25, -0.2) is 0 Å². The van der Waals surface area contributed by atoms with Crippen molar-refractivity contribution in [1.82, 2.24) is 21.5 Å². The molecule has 22 heavy (non-hydrogen) atoms. The summed E-state index contributed by atoms with van der Waals surface area (Å²) < 4.78 is 5.22. The maximum Gasteiger partial charge on any atom is 0.185 e. The molecular formula is C15H24N4OS2. The van der Waals surface area contributed by atoms with E-state index in [0.29, 0.717) is 28.7 Å². The Morgan fingerprint density at radius 2 is 2.00 bits per heavy atom. The Bertz CT molecular complexity index is 492. The van der Waals surface area contributed by atoms with E-state index in [1.54, 1.807) is 6.26 Å². The fourth-order valence-electron chi connectivity index (χ4n) is 2.73. The summed E-state index contributed by atoms with van der Waals surface area (Å²) in [6.07, 6.45) is 5.35. The molecule has 0 spiro atoms. The zero-order chi connectivity index (χ0) is 15.9. The van der Waals surface area contributed by atoms with Gasteiger partial charge in [-0.3, -0.25) is 10.9 Å². The van der Waals surface area contributed by atoms with E-state index in [-0.39, 0.29) is 0 Å². The van der Waals surface area contributed by atoms with Crippen molar-refractivity contribution in [3.8, 4) is 0 Å². The predicted molar refractivity (Wildman–Crippen MR) is 96.1 cm³/mol. The molecule has 0 bridgehead atoms. The Morgan fingerprint density at radius 3 is 2.73 bits per heavy atom. The van der Waals surface area contributed by atoms with Crippen molar-refractivity contribution in [1.29, 1.82) is 0 Å². The van der Waals surface area contributed by atoms with Crippen molar-refractivity contribution in [3.05, 3.63) is 24.2 Å². The molecule has 1 aliphatic rings. The molecule has 0 aliphatic heterocycles. The van der Waals surface area contributed by atoms with Gasteiger partial charge in [-0.15, -0.1) is 0 Å². The van der Waals surface area contributed by atoms with E-state index in [0.717, 1.165) is 18.1 Å². The molecule has 0 radical (unpaired) electrons. The first-order chi connectivity index (χ1) is 10.6. The lowest BCUT2D eigenvalue weighted by molar-refractivity contribution is 0.224. The molecule has 0 saturated heterocycles. The maximum absolute atomic E-state index is 5.32. The first kappa shape index (κ1) is 17.0. The van der Waals surface area contributed by atoms with Crippen LogP contribution in [0.1, 0.15) is 38.9 Å². The first-order valence-electron chi connectivity index (χ1n) is 7.69. The van der Waals surface area contributed by atoms with Crippen LogP contribution in [0.25, 0.3) is 0 Å². The number of furan rings is 1. The fourth-order valence-corrected chi connectivity index (χ4v) is 3.05. The van der Waals surface area contributed by atoms with Gasteiger partial charge in [0.15, 0.2) is 10.2 Å². The van der Waals surface area contributed by atoms with Gasteiger partial charge in [0, 0.05) is 6.04 Å². The van der Waals surface area contributed by atoms with Gasteiger partial charge >= 0.3 is 0 Å². The van der Waals surface area contributed by atoms with Crippen LogP contribution in [0, 0.1) is 11.8 Å². The number of nitrogens with one attached hydrogen (secondary N) is 4. The minimum Gasteiger partial charge on any atom is -0.467 e. The molecule has 1 heterocycles. The summed E-state index contributed by atoms with van der Waals surface area (Å²) in [5, 5.41) is 7.47. The Balaban J connectivity index is 1.65. The summed E-state index contributed by atoms with van der Waals surface area (Å²) in [7, 11) is 0. The summed E-state index contributed by atoms with van der Waals surface area (Å²) in [6, 6.07) is 4.16. The molecular weight excluding hydrogens is 316 g/mol. The predicted octanol–water partition coefficient (Wildman–Crippen LogP) is 2.45. The second kappa shape index (κ2) is 8.33. The van der Waals surface area contributed by atoms with Crippen LogP contribution in [-0.2, 0) is 6.54 Å². The molecule has 1 aromatic heterocycles. The van der Waals surface area contributed by atoms with Crippen LogP contribution in [0.5, 0.6) is 0 Å². The Kier molecular flexibility index (Phi) is 6.45. The van der Waals surface area contributed by atoms with Crippen LogP contribution in [-0.4, -0.2) is 16.3 Å². The molecule has 1 aromatic rings. The summed E-state index contributed by atoms with van der Waals surface area (Å²) in [5.74, 6) is 2.19. The van der Waals surface area contributed by atoms with Crippen LogP contribution in [0.15, 0.2) is 22.8 Å². The molecule has 1 fully saturated rings. The third-order valence-electron chi connectivity index (χ3n) is 4.32. The average molecular weight is 341 g/mol. The highest BCUT2D eigenvalue weighted by Crippen LogP contribution is 2.29. The van der Waals surface area contributed by atoms with Crippen LogP contribution in [0.4, 0.5) is 0 Å². The average Bonchev–Trinajstić information content (AvgIpc) is 3.01. The molecule has 0 aromatic carbocycles. The summed E-state index contributed by atoms with van der Waals surface area (Å²) >= 11 is 10.5. The molecule has 0 unspecified atom stereocenters. The summed E-state index contributed by atoms with van der Waals surface area (Å²) in [4.78, 5) is 0. The number of hydrogen-bond acceptors (Lipinski definition) is 3. The Morgan fingerprint density at radius 1 is 1.23 bits per heavy atom. The molecule has 5 nitrogen and oxygen atoms in total. The molecule has 7 heteroatoms. The highest BCUT2D eigenvalue weighted by molar-refractivity contribution is 7.80. The molecule has 2 rings (SSSR count). The molecule has 1 saturated carbocycles. The highest BCUT2D eigenvalue weighted by atomic mass is 32.1. The quantitative estimate of drug-likeness (QED) is 0.498. The topological polar surface area (TPSA) is 61.3 Å². The van der Waals surface area contributed by atoms with Crippen LogP contribution in [0.3, 0.4) is 0 Å². The summed E-state index contributed by atoms with van der Waals surface area (Å²) in [6.45, 7) is 5.13. The molecule has 0 amide bonds. The smallest absolute Gasteiger partial charge is 0.185 e. The van der Waals surface area contributed by atoms with Gasteiger partial charge in [0.1, 0.15) is 5.76 Å². The van der Waals surface area contributed by atoms with Gasteiger partial charge in [0.2, 0.25) is 0 Å². The minimum atomic E-state index is 0.426. The minimum absolute atomic E-state index is 0.426. The van der Waals surface area contributed by atoms with Crippen LogP contribution >= 0.6 is 24.4 Å². The zero-order valence-electron chi connectivity index (χ0n) is 13.0. The van der Waals surface area contributed by atoms with Crippen molar-refractivity contribution in [2.45, 2.75) is 45.7 Å². The van der Waals surface area contributed by atoms with Crippen molar-refractivity contribution in [2.75, 3.05) is 0 Å². The van der Waals surface area contributed by atoms with E-state index in [1.807, 2.05) is 12.1 Å². The van der Waals surface area contributed by atoms with Gasteiger partial charge in [-0.05, 0) is 54.8 Å². The standard InChI is InChI=1S/C15H24N4OS2/c1-10-5-3-7-13(11(10)2)17-15(22)19-18-14(21)16-9-12-6-4-8-20-12/h4,6,8,10-11,13H,3,5,7,9H2,1-2H3,(H2,16,18,21)(H2,17,19,22)/t10-,11+,13-/m0/s1. The fraction of sp³-hybridized carbons (Fsp3) is 0.600. The molecule has 1 aliphatic carbocycles. The van der Waals surface area contributed by atoms with E-state index in [4.69, 9.17) is 28.9 Å². The largest absolute Gasteiger partial charge is 0.467 e. The lowest BCUT2D eigenvalue weighted by Crippen LogP contribution is -2.54. The Hall–Kier alpha value is -1.34. The SMILES string of the molecule is C[C@H]1[C@@H](NC(=S)NNC(=S)NCc2ccco2)CCC[C@@H]1C. The maximum atomic E-state index is 5.32.